The van der Waals surface area contributed by atoms with Gasteiger partial charge in [-0.3, -0.25) is 9.59 Å². The molecule has 1 aliphatic heterocycles. The molecule has 1 aromatic carbocycles. The van der Waals surface area contributed by atoms with Crippen molar-refractivity contribution in [2.75, 3.05) is 26.4 Å². The van der Waals surface area contributed by atoms with Crippen LogP contribution in [-0.2, 0) is 19.1 Å². The Hall–Kier alpha value is -2.41. The second-order valence-electron chi connectivity index (χ2n) is 5.69. The summed E-state index contributed by atoms with van der Waals surface area (Å²) in [5.41, 5.74) is 0.598. The molecule has 0 saturated carbocycles. The molecule has 0 unspecified atom stereocenters. The lowest BCUT2D eigenvalue weighted by Crippen LogP contribution is -2.35. The molecule has 2 rings (SSSR count). The summed E-state index contributed by atoms with van der Waals surface area (Å²) in [5.74, 6) is -0.514. The molecule has 1 fully saturated rings. The van der Waals surface area contributed by atoms with E-state index in [9.17, 15) is 14.4 Å². The summed E-state index contributed by atoms with van der Waals surface area (Å²) >= 11 is 0. The normalized spacial score (nSPS) is 16.3. The SMILES string of the molecule is CCC(=O)c1ccc(OCC(=O)OCC(=O)NC[C@@H]2CCCO2)cc1. The fraction of sp³-hybridized carbons (Fsp3) is 0.500. The van der Waals surface area contributed by atoms with Crippen LogP contribution in [0.4, 0.5) is 0 Å². The minimum absolute atomic E-state index is 0.0416. The summed E-state index contributed by atoms with van der Waals surface area (Å²) in [5, 5.41) is 2.66. The number of rotatable bonds is 9. The van der Waals surface area contributed by atoms with Gasteiger partial charge in [0.25, 0.3) is 5.91 Å². The van der Waals surface area contributed by atoms with Crippen molar-refractivity contribution in [3.8, 4) is 5.75 Å². The molecule has 0 bridgehead atoms. The van der Waals surface area contributed by atoms with Crippen LogP contribution in [0, 0.1) is 0 Å². The van der Waals surface area contributed by atoms with E-state index >= 15 is 0 Å². The first-order valence-corrected chi connectivity index (χ1v) is 8.38. The van der Waals surface area contributed by atoms with E-state index in [0.29, 0.717) is 24.3 Å². The van der Waals surface area contributed by atoms with Crippen molar-refractivity contribution in [2.24, 2.45) is 0 Å². The zero-order valence-corrected chi connectivity index (χ0v) is 14.3. The van der Waals surface area contributed by atoms with Crippen LogP contribution in [0.3, 0.4) is 0 Å². The third kappa shape index (κ3) is 6.54. The van der Waals surface area contributed by atoms with Crippen molar-refractivity contribution in [1.82, 2.24) is 5.32 Å². The van der Waals surface area contributed by atoms with Gasteiger partial charge in [0, 0.05) is 25.1 Å². The maximum absolute atomic E-state index is 11.6. The smallest absolute Gasteiger partial charge is 0.344 e. The average Bonchev–Trinajstić information content (AvgIpc) is 3.16. The average molecular weight is 349 g/mol. The number of esters is 1. The van der Waals surface area contributed by atoms with Gasteiger partial charge in [-0.05, 0) is 37.1 Å². The van der Waals surface area contributed by atoms with Crippen molar-refractivity contribution in [2.45, 2.75) is 32.3 Å². The van der Waals surface area contributed by atoms with Crippen LogP contribution in [0.2, 0.25) is 0 Å². The highest BCUT2D eigenvalue weighted by Crippen LogP contribution is 2.13. The topological polar surface area (TPSA) is 90.9 Å². The predicted molar refractivity (Wildman–Crippen MR) is 89.5 cm³/mol. The molecule has 1 heterocycles. The number of benzene rings is 1. The number of ketones is 1. The van der Waals surface area contributed by atoms with Crippen LogP contribution in [-0.4, -0.2) is 50.1 Å². The molecule has 0 spiro atoms. The van der Waals surface area contributed by atoms with Crippen LogP contribution in [0.1, 0.15) is 36.5 Å². The van der Waals surface area contributed by atoms with E-state index in [1.807, 2.05) is 0 Å². The number of hydrogen-bond acceptors (Lipinski definition) is 6. The molecule has 1 atom stereocenters. The van der Waals surface area contributed by atoms with Crippen molar-refractivity contribution in [1.29, 1.82) is 0 Å². The number of carbonyl (C=O) groups excluding carboxylic acids is 3. The summed E-state index contributed by atoms with van der Waals surface area (Å²) in [4.78, 5) is 34.7. The van der Waals surface area contributed by atoms with E-state index in [4.69, 9.17) is 14.2 Å². The molecular formula is C18H23NO6. The summed E-state index contributed by atoms with van der Waals surface area (Å²) in [7, 11) is 0. The maximum Gasteiger partial charge on any atom is 0.344 e. The number of carbonyl (C=O) groups is 3. The molecule has 1 amide bonds. The first-order chi connectivity index (χ1) is 12.1. The van der Waals surface area contributed by atoms with E-state index in [0.717, 1.165) is 19.4 Å². The Balaban J connectivity index is 1.63. The highest BCUT2D eigenvalue weighted by atomic mass is 16.6. The lowest BCUT2D eigenvalue weighted by Gasteiger charge is -2.11. The molecule has 0 aromatic heterocycles. The van der Waals surface area contributed by atoms with Gasteiger partial charge in [0.15, 0.2) is 19.0 Å². The maximum atomic E-state index is 11.6. The molecule has 0 aliphatic carbocycles. The van der Waals surface area contributed by atoms with Gasteiger partial charge >= 0.3 is 5.97 Å². The first-order valence-electron chi connectivity index (χ1n) is 8.38. The molecule has 136 valence electrons. The summed E-state index contributed by atoms with van der Waals surface area (Å²) in [6.07, 6.45) is 2.41. The van der Waals surface area contributed by atoms with E-state index < -0.39 is 5.97 Å². The molecule has 7 heteroatoms. The van der Waals surface area contributed by atoms with E-state index in [-0.39, 0.29) is 31.0 Å². The van der Waals surface area contributed by atoms with Crippen LogP contribution < -0.4 is 10.1 Å². The third-order valence-electron chi connectivity index (χ3n) is 3.77. The number of Topliss-reactive ketones (excluding diaryl/α,β-unsaturated/α-hetero) is 1. The largest absolute Gasteiger partial charge is 0.482 e. The van der Waals surface area contributed by atoms with Crippen LogP contribution in [0.15, 0.2) is 24.3 Å². The fourth-order valence-electron chi connectivity index (χ4n) is 2.36. The zero-order valence-electron chi connectivity index (χ0n) is 14.3. The fourth-order valence-corrected chi connectivity index (χ4v) is 2.36. The first kappa shape index (κ1) is 18.9. The van der Waals surface area contributed by atoms with Gasteiger partial charge in [-0.2, -0.15) is 0 Å². The summed E-state index contributed by atoms with van der Waals surface area (Å²) in [6, 6.07) is 6.52. The molecule has 0 radical (unpaired) electrons. The Morgan fingerprint density at radius 2 is 1.96 bits per heavy atom. The van der Waals surface area contributed by atoms with Crippen LogP contribution >= 0.6 is 0 Å². The number of nitrogens with one attached hydrogen (secondary N) is 1. The van der Waals surface area contributed by atoms with Gasteiger partial charge in [0.2, 0.25) is 0 Å². The highest BCUT2D eigenvalue weighted by Gasteiger charge is 2.16. The van der Waals surface area contributed by atoms with E-state index in [1.54, 1.807) is 31.2 Å². The molecule has 1 aliphatic rings. The molecule has 1 aromatic rings. The molecule has 25 heavy (non-hydrogen) atoms. The number of hydrogen-bond donors (Lipinski definition) is 1. The monoisotopic (exact) mass is 349 g/mol. The minimum Gasteiger partial charge on any atom is -0.482 e. The standard InChI is InChI=1S/C18H23NO6/c1-2-16(20)13-5-7-14(8-6-13)24-12-18(22)25-11-17(21)19-10-15-4-3-9-23-15/h5-8,15H,2-4,9-12H2,1H3,(H,19,21)/t15-/m0/s1. The van der Waals surface area contributed by atoms with E-state index in [2.05, 4.69) is 5.32 Å². The Bertz CT molecular complexity index is 592. The van der Waals surface area contributed by atoms with Crippen molar-refractivity contribution >= 4 is 17.7 Å². The zero-order chi connectivity index (χ0) is 18.1. The van der Waals surface area contributed by atoms with Crippen LogP contribution in [0.5, 0.6) is 5.75 Å². The molecule has 1 N–H and O–H groups in total. The van der Waals surface area contributed by atoms with Gasteiger partial charge < -0.3 is 19.5 Å². The van der Waals surface area contributed by atoms with Gasteiger partial charge in [0.05, 0.1) is 6.10 Å². The lowest BCUT2D eigenvalue weighted by atomic mass is 10.1. The van der Waals surface area contributed by atoms with Gasteiger partial charge in [-0.1, -0.05) is 6.92 Å². The Morgan fingerprint density at radius 1 is 1.20 bits per heavy atom. The van der Waals surface area contributed by atoms with Crippen molar-refractivity contribution in [3.05, 3.63) is 29.8 Å². The molecule has 1 saturated heterocycles. The quantitative estimate of drug-likeness (QED) is 0.537. The van der Waals surface area contributed by atoms with E-state index in [1.165, 1.54) is 0 Å². The van der Waals surface area contributed by atoms with Gasteiger partial charge in [-0.15, -0.1) is 0 Å². The molecular weight excluding hydrogens is 326 g/mol. The van der Waals surface area contributed by atoms with Gasteiger partial charge in [0.1, 0.15) is 5.75 Å². The lowest BCUT2D eigenvalue weighted by molar-refractivity contribution is -0.150. The second-order valence-corrected chi connectivity index (χ2v) is 5.69. The summed E-state index contributed by atoms with van der Waals surface area (Å²) < 4.78 is 15.5. The number of ether oxygens (including phenoxy) is 3. The Labute approximate surface area is 146 Å². The Morgan fingerprint density at radius 3 is 2.60 bits per heavy atom. The Kier molecular flexibility index (Phi) is 7.40. The molecule has 7 nitrogen and oxygen atoms in total. The number of amides is 1. The van der Waals surface area contributed by atoms with Crippen molar-refractivity contribution < 1.29 is 28.6 Å². The predicted octanol–water partition coefficient (Wildman–Crippen LogP) is 1.50. The van der Waals surface area contributed by atoms with Crippen molar-refractivity contribution in [3.63, 3.8) is 0 Å². The second kappa shape index (κ2) is 9.78. The van der Waals surface area contributed by atoms with Crippen LogP contribution in [0.25, 0.3) is 0 Å². The highest BCUT2D eigenvalue weighted by molar-refractivity contribution is 5.95. The van der Waals surface area contributed by atoms with Gasteiger partial charge in [-0.25, -0.2) is 4.79 Å². The third-order valence-corrected chi connectivity index (χ3v) is 3.77. The minimum atomic E-state index is -0.638. The summed E-state index contributed by atoms with van der Waals surface area (Å²) in [6.45, 7) is 2.29.